The molecule has 2 aliphatic rings. The summed E-state index contributed by atoms with van der Waals surface area (Å²) in [6.45, 7) is 2.31. The van der Waals surface area contributed by atoms with Crippen LogP contribution in [-0.2, 0) is 0 Å². The molecule has 2 aromatic rings. The average molecular weight is 243 g/mol. The SMILES string of the molecule is Nc1cnn2ccc(N3CC4CCCC4C3)nc12. The standard InChI is InChI=1S/C13H17N5/c14-11-6-15-18-5-4-12(16-13(11)18)17-7-9-2-1-3-10(9)8-17/h4-6,9-10H,1-3,7-8,14H2. The number of fused-ring (bicyclic) bond motifs is 2. The maximum atomic E-state index is 5.87. The molecule has 2 atom stereocenters. The van der Waals surface area contributed by atoms with Gasteiger partial charge in [0.1, 0.15) is 5.82 Å². The van der Waals surface area contributed by atoms with Gasteiger partial charge in [0.2, 0.25) is 0 Å². The van der Waals surface area contributed by atoms with E-state index in [0.717, 1.165) is 36.4 Å². The highest BCUT2D eigenvalue weighted by Crippen LogP contribution is 2.39. The van der Waals surface area contributed by atoms with Crippen molar-refractivity contribution in [3.63, 3.8) is 0 Å². The monoisotopic (exact) mass is 243 g/mol. The highest BCUT2D eigenvalue weighted by Gasteiger charge is 2.36. The fraction of sp³-hybridized carbons (Fsp3) is 0.538. The molecule has 0 amide bonds. The van der Waals surface area contributed by atoms with Crippen molar-refractivity contribution >= 4 is 17.2 Å². The lowest BCUT2D eigenvalue weighted by atomic mass is 10.0. The van der Waals surface area contributed by atoms with E-state index in [1.165, 1.54) is 19.3 Å². The number of rotatable bonds is 1. The van der Waals surface area contributed by atoms with Gasteiger partial charge in [-0.15, -0.1) is 0 Å². The van der Waals surface area contributed by atoms with E-state index < -0.39 is 0 Å². The maximum Gasteiger partial charge on any atom is 0.180 e. The number of aromatic nitrogens is 3. The van der Waals surface area contributed by atoms with E-state index in [9.17, 15) is 0 Å². The predicted molar refractivity (Wildman–Crippen MR) is 70.4 cm³/mol. The predicted octanol–water partition coefficient (Wildman–Crippen LogP) is 1.55. The van der Waals surface area contributed by atoms with Crippen LogP contribution < -0.4 is 10.6 Å². The molecule has 0 bridgehead atoms. The Labute approximate surface area is 106 Å². The molecule has 5 heteroatoms. The van der Waals surface area contributed by atoms with Crippen molar-refractivity contribution < 1.29 is 0 Å². The Morgan fingerprint density at radius 3 is 2.78 bits per heavy atom. The molecule has 2 N–H and O–H groups in total. The zero-order valence-electron chi connectivity index (χ0n) is 10.3. The molecular weight excluding hydrogens is 226 g/mol. The van der Waals surface area contributed by atoms with Crippen LogP contribution in [0.1, 0.15) is 19.3 Å². The van der Waals surface area contributed by atoms with E-state index in [4.69, 9.17) is 5.73 Å². The lowest BCUT2D eigenvalue weighted by Crippen LogP contribution is -2.22. The Bertz CT molecular complexity index is 578. The van der Waals surface area contributed by atoms with Crippen LogP contribution in [0, 0.1) is 11.8 Å². The van der Waals surface area contributed by atoms with Crippen LogP contribution in [0.15, 0.2) is 18.5 Å². The third kappa shape index (κ3) is 1.39. The molecule has 2 fully saturated rings. The number of hydrogen-bond donors (Lipinski definition) is 1. The van der Waals surface area contributed by atoms with Crippen molar-refractivity contribution in [1.82, 2.24) is 14.6 Å². The molecule has 94 valence electrons. The van der Waals surface area contributed by atoms with Crippen LogP contribution >= 0.6 is 0 Å². The maximum absolute atomic E-state index is 5.87. The third-order valence-electron chi connectivity index (χ3n) is 4.43. The van der Waals surface area contributed by atoms with Crippen LogP contribution in [-0.4, -0.2) is 27.7 Å². The Kier molecular flexibility index (Phi) is 2.04. The van der Waals surface area contributed by atoms with Crippen molar-refractivity contribution in [2.45, 2.75) is 19.3 Å². The van der Waals surface area contributed by atoms with E-state index in [-0.39, 0.29) is 0 Å². The van der Waals surface area contributed by atoms with Gasteiger partial charge in [-0.2, -0.15) is 5.10 Å². The molecule has 2 unspecified atom stereocenters. The second-order valence-electron chi connectivity index (χ2n) is 5.51. The number of nitrogens with two attached hydrogens (primary N) is 1. The summed E-state index contributed by atoms with van der Waals surface area (Å²) >= 11 is 0. The first-order chi connectivity index (χ1) is 8.81. The van der Waals surface area contributed by atoms with Gasteiger partial charge in [-0.25, -0.2) is 9.50 Å². The minimum Gasteiger partial charge on any atom is -0.394 e. The molecule has 1 aliphatic heterocycles. The lowest BCUT2D eigenvalue weighted by Gasteiger charge is -2.18. The molecule has 1 saturated heterocycles. The molecule has 2 aromatic heterocycles. The minimum absolute atomic E-state index is 0.649. The largest absolute Gasteiger partial charge is 0.394 e. The van der Waals surface area contributed by atoms with E-state index in [1.807, 2.05) is 12.3 Å². The first-order valence-corrected chi connectivity index (χ1v) is 6.66. The summed E-state index contributed by atoms with van der Waals surface area (Å²) in [6.07, 6.45) is 7.79. The Hall–Kier alpha value is -1.78. The van der Waals surface area contributed by atoms with Gasteiger partial charge in [0, 0.05) is 19.3 Å². The highest BCUT2D eigenvalue weighted by atomic mass is 15.3. The fourth-order valence-corrected chi connectivity index (χ4v) is 3.48. The van der Waals surface area contributed by atoms with E-state index >= 15 is 0 Å². The number of anilines is 2. The summed E-state index contributed by atoms with van der Waals surface area (Å²) in [5.74, 6) is 2.81. The van der Waals surface area contributed by atoms with Crippen molar-refractivity contribution in [3.05, 3.63) is 18.5 Å². The van der Waals surface area contributed by atoms with Crippen LogP contribution in [0.25, 0.3) is 5.65 Å². The molecule has 0 radical (unpaired) electrons. The summed E-state index contributed by atoms with van der Waals surface area (Å²) in [6, 6.07) is 2.04. The molecule has 0 spiro atoms. The summed E-state index contributed by atoms with van der Waals surface area (Å²) in [4.78, 5) is 7.05. The van der Waals surface area contributed by atoms with Gasteiger partial charge in [-0.05, 0) is 30.7 Å². The zero-order valence-corrected chi connectivity index (χ0v) is 10.3. The molecular formula is C13H17N5. The quantitative estimate of drug-likeness (QED) is 0.825. The van der Waals surface area contributed by atoms with E-state index in [0.29, 0.717) is 5.69 Å². The van der Waals surface area contributed by atoms with Crippen LogP contribution in [0.4, 0.5) is 11.5 Å². The first-order valence-electron chi connectivity index (χ1n) is 6.66. The van der Waals surface area contributed by atoms with Crippen molar-refractivity contribution in [1.29, 1.82) is 0 Å². The zero-order chi connectivity index (χ0) is 12.1. The third-order valence-corrected chi connectivity index (χ3v) is 4.43. The Balaban J connectivity index is 1.68. The molecule has 3 heterocycles. The Morgan fingerprint density at radius 2 is 2.00 bits per heavy atom. The smallest absolute Gasteiger partial charge is 0.180 e. The molecule has 1 aliphatic carbocycles. The van der Waals surface area contributed by atoms with Gasteiger partial charge in [-0.3, -0.25) is 0 Å². The number of hydrogen-bond acceptors (Lipinski definition) is 4. The van der Waals surface area contributed by atoms with Gasteiger partial charge >= 0.3 is 0 Å². The number of nitrogen functional groups attached to an aromatic ring is 1. The molecule has 0 aromatic carbocycles. The van der Waals surface area contributed by atoms with Crippen molar-refractivity contribution in [2.24, 2.45) is 11.8 Å². The second-order valence-corrected chi connectivity index (χ2v) is 5.51. The second kappa shape index (κ2) is 3.60. The van der Waals surface area contributed by atoms with Crippen molar-refractivity contribution in [3.8, 4) is 0 Å². The molecule has 4 rings (SSSR count). The summed E-state index contributed by atoms with van der Waals surface area (Å²) < 4.78 is 1.73. The van der Waals surface area contributed by atoms with Crippen LogP contribution in [0.3, 0.4) is 0 Å². The van der Waals surface area contributed by atoms with E-state index in [1.54, 1.807) is 10.7 Å². The molecule has 5 nitrogen and oxygen atoms in total. The minimum atomic E-state index is 0.649. The van der Waals surface area contributed by atoms with Gasteiger partial charge < -0.3 is 10.6 Å². The summed E-state index contributed by atoms with van der Waals surface area (Å²) in [5, 5.41) is 4.15. The summed E-state index contributed by atoms with van der Waals surface area (Å²) in [7, 11) is 0. The fourth-order valence-electron chi connectivity index (χ4n) is 3.48. The average Bonchev–Trinajstić information content (AvgIpc) is 3.03. The van der Waals surface area contributed by atoms with Gasteiger partial charge in [0.05, 0.1) is 11.9 Å². The van der Waals surface area contributed by atoms with Gasteiger partial charge in [0.15, 0.2) is 5.65 Å². The highest BCUT2D eigenvalue weighted by molar-refractivity contribution is 5.65. The lowest BCUT2D eigenvalue weighted by molar-refractivity contribution is 0.494. The van der Waals surface area contributed by atoms with Crippen LogP contribution in [0.5, 0.6) is 0 Å². The van der Waals surface area contributed by atoms with Crippen LogP contribution in [0.2, 0.25) is 0 Å². The van der Waals surface area contributed by atoms with Gasteiger partial charge in [0.25, 0.3) is 0 Å². The van der Waals surface area contributed by atoms with Gasteiger partial charge in [-0.1, -0.05) is 6.42 Å². The topological polar surface area (TPSA) is 59.4 Å². The van der Waals surface area contributed by atoms with Crippen molar-refractivity contribution in [2.75, 3.05) is 23.7 Å². The Morgan fingerprint density at radius 1 is 1.22 bits per heavy atom. The van der Waals surface area contributed by atoms with E-state index in [2.05, 4.69) is 15.0 Å². The molecule has 18 heavy (non-hydrogen) atoms. The summed E-state index contributed by atoms with van der Waals surface area (Å²) in [5.41, 5.74) is 7.29. The number of nitrogens with zero attached hydrogens (tertiary/aromatic N) is 4. The molecule has 1 saturated carbocycles. The normalized spacial score (nSPS) is 27.0. The first kappa shape index (κ1) is 10.2.